The lowest BCUT2D eigenvalue weighted by Gasteiger charge is -2.12. The van der Waals surface area contributed by atoms with Gasteiger partial charge in [-0.2, -0.15) is 0 Å². The Balaban J connectivity index is 1.06. The van der Waals surface area contributed by atoms with Crippen LogP contribution in [0.3, 0.4) is 0 Å². The summed E-state index contributed by atoms with van der Waals surface area (Å²) in [5.41, 5.74) is 8.15. The molecule has 0 atom stereocenters. The molecule has 0 radical (unpaired) electrons. The highest BCUT2D eigenvalue weighted by Crippen LogP contribution is 2.41. The van der Waals surface area contributed by atoms with Gasteiger partial charge in [0.25, 0.3) is 0 Å². The van der Waals surface area contributed by atoms with Gasteiger partial charge in [-0.25, -0.2) is 9.98 Å². The second-order valence-corrected chi connectivity index (χ2v) is 17.3. The number of allylic oxidation sites excluding steroid dienone is 1. The molecule has 66 heavy (non-hydrogen) atoms. The SMILES string of the molecule is CNC(=NC(=N/C=C\C1=c2ccccc2=CCC1)c1cccc2oc3ccc4ccc(-n5c6cc7ccccc7cc6c6cc7ccccc7cc65)cc4c3c12)c1ccc2ccccc2c1. The lowest BCUT2D eigenvalue weighted by atomic mass is 9.99. The number of aromatic nitrogens is 1. The van der Waals surface area contributed by atoms with Crippen molar-refractivity contribution < 1.29 is 4.42 Å². The third-order valence-electron chi connectivity index (χ3n) is 13.5. The number of furan rings is 1. The third kappa shape index (κ3) is 6.23. The minimum Gasteiger partial charge on any atom is -0.456 e. The highest BCUT2D eigenvalue weighted by molar-refractivity contribution is 6.27. The number of hydrogen-bond acceptors (Lipinski definition) is 2. The summed E-state index contributed by atoms with van der Waals surface area (Å²) in [4.78, 5) is 10.7. The molecule has 2 heterocycles. The minimum absolute atomic E-state index is 0.586. The van der Waals surface area contributed by atoms with E-state index >= 15 is 0 Å². The van der Waals surface area contributed by atoms with Crippen molar-refractivity contribution in [2.24, 2.45) is 9.98 Å². The standard InChI is InChI=1S/C61H42N4O/c1-62-60(47-25-24-38-12-2-3-14-42(38)32-47)64-61(63-31-30-40-20-10-19-39-13-8-9-21-49(39)40)50-22-11-23-56-58(50)59-51-37-48(28-26-41(51)27-29-57(59)66-56)65-54-35-45-17-6-4-15-43(45)33-52(54)53-34-44-16-5-7-18-46(44)36-55(53)65/h2-9,11-19,21-37H,10,20H2,1H3,(H,62,63,64)/b31-30-. The van der Waals surface area contributed by atoms with Crippen LogP contribution in [0.1, 0.15) is 24.0 Å². The topological polar surface area (TPSA) is 54.8 Å². The molecule has 0 aliphatic heterocycles. The van der Waals surface area contributed by atoms with Gasteiger partial charge in [-0.3, -0.25) is 0 Å². The van der Waals surface area contributed by atoms with E-state index in [0.29, 0.717) is 5.84 Å². The molecule has 0 saturated heterocycles. The Labute approximate surface area is 380 Å². The van der Waals surface area contributed by atoms with E-state index in [1.807, 2.05) is 19.3 Å². The normalized spacial score (nSPS) is 13.6. The van der Waals surface area contributed by atoms with Gasteiger partial charge in [0.15, 0.2) is 5.84 Å². The maximum atomic E-state index is 6.77. The first-order valence-corrected chi connectivity index (χ1v) is 22.7. The van der Waals surface area contributed by atoms with E-state index in [0.717, 1.165) is 73.6 Å². The summed E-state index contributed by atoms with van der Waals surface area (Å²) >= 11 is 0. The van der Waals surface area contributed by atoms with Crippen LogP contribution in [0.25, 0.3) is 104 Å². The molecule has 1 aliphatic carbocycles. The molecule has 1 aliphatic rings. The molecule has 5 heteroatoms. The van der Waals surface area contributed by atoms with Crippen LogP contribution < -0.4 is 15.8 Å². The molecule has 5 nitrogen and oxygen atoms in total. The van der Waals surface area contributed by atoms with Crippen molar-refractivity contribution in [3.8, 4) is 5.69 Å². The Morgan fingerprint density at radius 3 is 1.94 bits per heavy atom. The van der Waals surface area contributed by atoms with Crippen LogP contribution in [0.15, 0.2) is 215 Å². The Morgan fingerprint density at radius 2 is 1.20 bits per heavy atom. The fourth-order valence-electron chi connectivity index (χ4n) is 10.3. The van der Waals surface area contributed by atoms with E-state index in [-0.39, 0.29) is 0 Å². The van der Waals surface area contributed by atoms with Crippen LogP contribution in [-0.2, 0) is 0 Å². The van der Waals surface area contributed by atoms with Crippen LogP contribution in [0.2, 0.25) is 0 Å². The second kappa shape index (κ2) is 15.3. The van der Waals surface area contributed by atoms with Crippen molar-refractivity contribution in [3.05, 3.63) is 222 Å². The van der Waals surface area contributed by atoms with Gasteiger partial charge in [-0.15, -0.1) is 0 Å². The van der Waals surface area contributed by atoms with E-state index < -0.39 is 0 Å². The first kappa shape index (κ1) is 38.0. The fourth-order valence-corrected chi connectivity index (χ4v) is 10.3. The highest BCUT2D eigenvalue weighted by Gasteiger charge is 2.20. The van der Waals surface area contributed by atoms with E-state index in [2.05, 4.69) is 204 Å². The number of fused-ring (bicyclic) bond motifs is 12. The third-order valence-corrected chi connectivity index (χ3v) is 13.5. The van der Waals surface area contributed by atoms with Crippen LogP contribution in [0.5, 0.6) is 0 Å². The molecule has 0 saturated carbocycles. The molecule has 1 N–H and O–H groups in total. The van der Waals surface area contributed by atoms with Crippen molar-refractivity contribution in [2.45, 2.75) is 12.8 Å². The maximum Gasteiger partial charge on any atom is 0.162 e. The number of rotatable bonds is 5. The van der Waals surface area contributed by atoms with Gasteiger partial charge in [0, 0.05) is 51.6 Å². The highest BCUT2D eigenvalue weighted by atomic mass is 16.3. The lowest BCUT2D eigenvalue weighted by Crippen LogP contribution is -2.28. The molecule has 12 aromatic rings. The number of amidine groups is 2. The summed E-state index contributed by atoms with van der Waals surface area (Å²) in [5, 5.41) is 19.9. The largest absolute Gasteiger partial charge is 0.456 e. The molecule has 10 aromatic carbocycles. The van der Waals surface area contributed by atoms with Gasteiger partial charge in [-0.05, 0) is 133 Å². The monoisotopic (exact) mass is 846 g/mol. The average Bonchev–Trinajstić information content (AvgIpc) is 3.91. The van der Waals surface area contributed by atoms with E-state index in [9.17, 15) is 0 Å². The summed E-state index contributed by atoms with van der Waals surface area (Å²) in [6.45, 7) is 0. The molecule has 0 amide bonds. The van der Waals surface area contributed by atoms with Crippen molar-refractivity contribution in [2.75, 3.05) is 7.05 Å². The first-order valence-electron chi connectivity index (χ1n) is 22.7. The van der Waals surface area contributed by atoms with Gasteiger partial charge in [0.1, 0.15) is 17.0 Å². The number of nitrogens with one attached hydrogen (secondary N) is 1. The summed E-state index contributed by atoms with van der Waals surface area (Å²) in [6, 6.07) is 67.5. The smallest absolute Gasteiger partial charge is 0.162 e. The summed E-state index contributed by atoms with van der Waals surface area (Å²) < 4.78 is 9.21. The maximum absolute atomic E-state index is 6.77. The summed E-state index contributed by atoms with van der Waals surface area (Å²) in [5.74, 6) is 1.31. The van der Waals surface area contributed by atoms with Crippen molar-refractivity contribution >= 4 is 110 Å². The fraction of sp³-hybridized carbons (Fsp3) is 0.0492. The molecule has 312 valence electrons. The molecule has 0 spiro atoms. The van der Waals surface area contributed by atoms with Crippen LogP contribution in [0.4, 0.5) is 0 Å². The van der Waals surface area contributed by atoms with Gasteiger partial charge >= 0.3 is 0 Å². The van der Waals surface area contributed by atoms with Crippen LogP contribution >= 0.6 is 0 Å². The zero-order valence-electron chi connectivity index (χ0n) is 36.3. The second-order valence-electron chi connectivity index (χ2n) is 17.3. The number of aliphatic imine (C=N–C) groups is 2. The Kier molecular flexibility index (Phi) is 8.81. The minimum atomic E-state index is 0.586. The van der Waals surface area contributed by atoms with E-state index in [1.165, 1.54) is 64.7 Å². The molecule has 2 aromatic heterocycles. The Hall–Kier alpha value is -8.54. The Morgan fingerprint density at radius 1 is 0.561 bits per heavy atom. The molecule has 0 unspecified atom stereocenters. The lowest BCUT2D eigenvalue weighted by molar-refractivity contribution is 0.669. The zero-order chi connectivity index (χ0) is 43.7. The first-order chi connectivity index (χ1) is 32.6. The van der Waals surface area contributed by atoms with Crippen LogP contribution in [-0.4, -0.2) is 23.3 Å². The number of benzene rings is 10. The quantitative estimate of drug-likeness (QED) is 0.139. The van der Waals surface area contributed by atoms with E-state index in [4.69, 9.17) is 14.4 Å². The summed E-state index contributed by atoms with van der Waals surface area (Å²) in [7, 11) is 1.93. The Bertz CT molecular complexity index is 4130. The molecule has 13 rings (SSSR count). The predicted molar refractivity (Wildman–Crippen MR) is 279 cm³/mol. The van der Waals surface area contributed by atoms with Gasteiger partial charge in [-0.1, -0.05) is 140 Å². The van der Waals surface area contributed by atoms with Gasteiger partial charge in [0.2, 0.25) is 0 Å². The number of hydrogen-bond donors (Lipinski definition) is 1. The van der Waals surface area contributed by atoms with Gasteiger partial charge in [0.05, 0.1) is 11.0 Å². The van der Waals surface area contributed by atoms with Crippen molar-refractivity contribution in [3.63, 3.8) is 0 Å². The van der Waals surface area contributed by atoms with E-state index in [1.54, 1.807) is 0 Å². The predicted octanol–water partition coefficient (Wildman–Crippen LogP) is 13.6. The molecule has 0 bridgehead atoms. The van der Waals surface area contributed by atoms with Crippen molar-refractivity contribution in [1.82, 2.24) is 9.88 Å². The molecule has 0 fully saturated rings. The van der Waals surface area contributed by atoms with Crippen molar-refractivity contribution in [1.29, 1.82) is 0 Å². The average molecular weight is 847 g/mol. The zero-order valence-corrected chi connectivity index (χ0v) is 36.3. The molecular weight excluding hydrogens is 805 g/mol. The number of nitrogens with zero attached hydrogens (tertiary/aromatic N) is 3. The summed E-state index contributed by atoms with van der Waals surface area (Å²) in [6.07, 6.45) is 8.35. The molecular formula is C61H42N4O. The van der Waals surface area contributed by atoms with Gasteiger partial charge < -0.3 is 14.3 Å². The van der Waals surface area contributed by atoms with Crippen LogP contribution in [0, 0.1) is 0 Å².